The SMILES string of the molecule is CCCCCC[C@@H](CCCBr)O[Si](C)(C)C(C)(C)C. The van der Waals surface area contributed by atoms with Crippen LogP contribution in [0.5, 0.6) is 0 Å². The molecule has 0 amide bonds. The van der Waals surface area contributed by atoms with Crippen LogP contribution < -0.4 is 0 Å². The molecule has 0 unspecified atom stereocenters. The molecule has 0 aliphatic carbocycles. The summed E-state index contributed by atoms with van der Waals surface area (Å²) in [6.07, 6.45) is 9.55. The van der Waals surface area contributed by atoms with Gasteiger partial charge in [-0.3, -0.25) is 0 Å². The Balaban J connectivity index is 4.33. The molecule has 0 saturated heterocycles. The molecule has 0 saturated carbocycles. The van der Waals surface area contributed by atoms with Crippen molar-refractivity contribution in [3.63, 3.8) is 0 Å². The Bertz CT molecular complexity index is 223. The minimum atomic E-state index is -1.60. The van der Waals surface area contributed by atoms with Crippen LogP contribution in [0.4, 0.5) is 0 Å². The Morgan fingerprint density at radius 2 is 1.58 bits per heavy atom. The zero-order valence-corrected chi connectivity index (χ0v) is 16.6. The van der Waals surface area contributed by atoms with Gasteiger partial charge < -0.3 is 4.43 Å². The van der Waals surface area contributed by atoms with Gasteiger partial charge in [0.2, 0.25) is 0 Å². The van der Waals surface area contributed by atoms with Gasteiger partial charge in [-0.25, -0.2) is 0 Å². The predicted molar refractivity (Wildman–Crippen MR) is 93.9 cm³/mol. The lowest BCUT2D eigenvalue weighted by Crippen LogP contribution is -2.44. The van der Waals surface area contributed by atoms with Crippen molar-refractivity contribution in [2.45, 2.75) is 96.9 Å². The highest BCUT2D eigenvalue weighted by Crippen LogP contribution is 2.38. The maximum Gasteiger partial charge on any atom is 0.192 e. The van der Waals surface area contributed by atoms with Crippen LogP contribution in [0.25, 0.3) is 0 Å². The molecule has 0 fully saturated rings. The molecule has 0 spiro atoms. The van der Waals surface area contributed by atoms with Crippen LogP contribution in [0.2, 0.25) is 18.1 Å². The first-order valence-electron chi connectivity index (χ1n) is 7.98. The molecule has 0 rings (SSSR count). The number of rotatable bonds is 10. The molecule has 0 bridgehead atoms. The molecule has 0 aliphatic rings. The van der Waals surface area contributed by atoms with Crippen molar-refractivity contribution >= 4 is 24.2 Å². The molecule has 1 nitrogen and oxygen atoms in total. The van der Waals surface area contributed by atoms with Gasteiger partial charge in [0.15, 0.2) is 8.32 Å². The maximum atomic E-state index is 6.60. The summed E-state index contributed by atoms with van der Waals surface area (Å²) in [5.74, 6) is 0. The molecule has 0 heterocycles. The highest BCUT2D eigenvalue weighted by atomic mass is 79.9. The van der Waals surface area contributed by atoms with Gasteiger partial charge in [0.25, 0.3) is 0 Å². The fourth-order valence-electron chi connectivity index (χ4n) is 1.96. The largest absolute Gasteiger partial charge is 0.414 e. The smallest absolute Gasteiger partial charge is 0.192 e. The Morgan fingerprint density at radius 3 is 2.05 bits per heavy atom. The second kappa shape index (κ2) is 9.57. The van der Waals surface area contributed by atoms with E-state index < -0.39 is 8.32 Å². The highest BCUT2D eigenvalue weighted by molar-refractivity contribution is 9.09. The Labute approximate surface area is 131 Å². The average Bonchev–Trinajstić information content (AvgIpc) is 2.29. The zero-order valence-electron chi connectivity index (χ0n) is 14.0. The first-order valence-corrected chi connectivity index (χ1v) is 12.0. The zero-order chi connectivity index (χ0) is 14.9. The standard InChI is InChI=1S/C16H35BrOSi/c1-7-8-9-10-12-15(13-11-14-17)18-19(5,6)16(2,3)4/h15H,7-14H2,1-6H3/t15-/m0/s1. The van der Waals surface area contributed by atoms with Gasteiger partial charge in [-0.05, 0) is 37.4 Å². The van der Waals surface area contributed by atoms with E-state index in [4.69, 9.17) is 4.43 Å². The van der Waals surface area contributed by atoms with Gasteiger partial charge in [-0.15, -0.1) is 0 Å². The Morgan fingerprint density at radius 1 is 1.00 bits per heavy atom. The van der Waals surface area contributed by atoms with Crippen molar-refractivity contribution in [2.75, 3.05) is 5.33 Å². The lowest BCUT2D eigenvalue weighted by atomic mass is 10.1. The lowest BCUT2D eigenvalue weighted by molar-refractivity contribution is 0.157. The fraction of sp³-hybridized carbons (Fsp3) is 1.00. The van der Waals surface area contributed by atoms with E-state index in [2.05, 4.69) is 56.7 Å². The van der Waals surface area contributed by atoms with Gasteiger partial charge in [-0.1, -0.05) is 69.3 Å². The molecule has 19 heavy (non-hydrogen) atoms. The van der Waals surface area contributed by atoms with Crippen LogP contribution >= 0.6 is 15.9 Å². The summed E-state index contributed by atoms with van der Waals surface area (Å²) >= 11 is 3.55. The van der Waals surface area contributed by atoms with E-state index in [9.17, 15) is 0 Å². The number of hydrogen-bond donors (Lipinski definition) is 0. The molecule has 0 aromatic carbocycles. The molecule has 0 radical (unpaired) electrons. The van der Waals surface area contributed by atoms with Crippen molar-refractivity contribution in [1.29, 1.82) is 0 Å². The summed E-state index contributed by atoms with van der Waals surface area (Å²) in [7, 11) is -1.60. The molecule has 0 N–H and O–H groups in total. The highest BCUT2D eigenvalue weighted by Gasteiger charge is 2.38. The molecule has 0 aliphatic heterocycles. The van der Waals surface area contributed by atoms with Gasteiger partial charge in [0.1, 0.15) is 0 Å². The normalized spacial score (nSPS) is 14.7. The number of unbranched alkanes of at least 4 members (excludes halogenated alkanes) is 3. The van der Waals surface area contributed by atoms with Crippen molar-refractivity contribution < 1.29 is 4.43 Å². The van der Waals surface area contributed by atoms with Crippen LogP contribution in [-0.2, 0) is 4.43 Å². The molecule has 1 atom stereocenters. The fourth-order valence-corrected chi connectivity index (χ4v) is 3.71. The monoisotopic (exact) mass is 350 g/mol. The molecular weight excluding hydrogens is 316 g/mol. The minimum Gasteiger partial charge on any atom is -0.414 e. The van der Waals surface area contributed by atoms with E-state index in [0.717, 1.165) is 5.33 Å². The van der Waals surface area contributed by atoms with Gasteiger partial charge >= 0.3 is 0 Å². The summed E-state index contributed by atoms with van der Waals surface area (Å²) in [5, 5.41) is 1.42. The van der Waals surface area contributed by atoms with E-state index in [1.807, 2.05) is 0 Å². The quantitative estimate of drug-likeness (QED) is 0.247. The van der Waals surface area contributed by atoms with Crippen molar-refractivity contribution in [3.8, 4) is 0 Å². The number of alkyl halides is 1. The summed E-state index contributed by atoms with van der Waals surface area (Å²) in [4.78, 5) is 0. The number of halogens is 1. The second-order valence-electron chi connectivity index (χ2n) is 7.18. The maximum absolute atomic E-state index is 6.60. The number of hydrogen-bond acceptors (Lipinski definition) is 1. The van der Waals surface area contributed by atoms with Crippen LogP contribution in [0, 0.1) is 0 Å². The Hall–Kier alpha value is 0.657. The summed E-state index contributed by atoms with van der Waals surface area (Å²) in [6.45, 7) is 14.0. The molecule has 116 valence electrons. The third-order valence-electron chi connectivity index (χ3n) is 4.31. The molecule has 0 aromatic heterocycles. The van der Waals surface area contributed by atoms with E-state index in [1.54, 1.807) is 0 Å². The van der Waals surface area contributed by atoms with Crippen molar-refractivity contribution in [2.24, 2.45) is 0 Å². The summed E-state index contributed by atoms with van der Waals surface area (Å²) in [6, 6.07) is 0. The van der Waals surface area contributed by atoms with Crippen LogP contribution in [0.3, 0.4) is 0 Å². The minimum absolute atomic E-state index is 0.322. The molecule has 0 aromatic rings. The predicted octanol–water partition coefficient (Wildman–Crippen LogP) is 6.52. The van der Waals surface area contributed by atoms with Gasteiger partial charge in [0, 0.05) is 11.4 Å². The van der Waals surface area contributed by atoms with E-state index in [0.29, 0.717) is 11.1 Å². The van der Waals surface area contributed by atoms with Crippen LogP contribution in [-0.4, -0.2) is 19.8 Å². The van der Waals surface area contributed by atoms with Gasteiger partial charge in [-0.2, -0.15) is 0 Å². The van der Waals surface area contributed by atoms with Gasteiger partial charge in [0.05, 0.1) is 0 Å². The molecular formula is C16H35BrOSi. The average molecular weight is 351 g/mol. The first kappa shape index (κ1) is 19.7. The van der Waals surface area contributed by atoms with Crippen molar-refractivity contribution in [3.05, 3.63) is 0 Å². The Kier molecular flexibility index (Phi) is 9.90. The van der Waals surface area contributed by atoms with Crippen molar-refractivity contribution in [1.82, 2.24) is 0 Å². The second-order valence-corrected chi connectivity index (χ2v) is 12.7. The summed E-state index contributed by atoms with van der Waals surface area (Å²) in [5.41, 5.74) is 0. The van der Waals surface area contributed by atoms with E-state index >= 15 is 0 Å². The topological polar surface area (TPSA) is 9.23 Å². The third-order valence-corrected chi connectivity index (χ3v) is 9.40. The summed E-state index contributed by atoms with van der Waals surface area (Å²) < 4.78 is 6.60. The van der Waals surface area contributed by atoms with Crippen LogP contribution in [0.1, 0.15) is 72.6 Å². The third kappa shape index (κ3) is 8.51. The van der Waals surface area contributed by atoms with Crippen LogP contribution in [0.15, 0.2) is 0 Å². The van der Waals surface area contributed by atoms with E-state index in [-0.39, 0.29) is 0 Å². The molecule has 3 heteroatoms. The lowest BCUT2D eigenvalue weighted by Gasteiger charge is -2.39. The first-order chi connectivity index (χ1) is 8.74. The van der Waals surface area contributed by atoms with E-state index in [1.165, 1.54) is 44.9 Å².